The van der Waals surface area contributed by atoms with Crippen molar-refractivity contribution >= 4 is 17.9 Å². The Labute approximate surface area is 426 Å². The van der Waals surface area contributed by atoms with Gasteiger partial charge in [0.1, 0.15) is 13.2 Å². The van der Waals surface area contributed by atoms with E-state index in [1.807, 2.05) is 0 Å². The summed E-state index contributed by atoms with van der Waals surface area (Å²) in [6.45, 7) is 6.44. The summed E-state index contributed by atoms with van der Waals surface area (Å²) in [5, 5.41) is 0. The second-order valence-electron chi connectivity index (χ2n) is 19.2. The average Bonchev–Trinajstić information content (AvgIpc) is 3.35. The van der Waals surface area contributed by atoms with Crippen molar-refractivity contribution in [3.8, 4) is 0 Å². The average molecular weight is 962 g/mol. The van der Waals surface area contributed by atoms with Gasteiger partial charge in [-0.1, -0.05) is 247 Å². The van der Waals surface area contributed by atoms with Gasteiger partial charge in [-0.15, -0.1) is 0 Å². The number of carbonyl (C=O) groups excluding carboxylic acids is 3. The number of esters is 3. The predicted octanol–water partition coefficient (Wildman–Crippen LogP) is 19.5. The Morgan fingerprint density at radius 1 is 0.304 bits per heavy atom. The second kappa shape index (κ2) is 57.2. The maximum atomic E-state index is 12.8. The lowest BCUT2D eigenvalue weighted by molar-refractivity contribution is -0.167. The first-order valence-electron chi connectivity index (χ1n) is 29.1. The first-order chi connectivity index (χ1) is 34.0. The van der Waals surface area contributed by atoms with Gasteiger partial charge in [0.15, 0.2) is 6.10 Å². The third-order valence-corrected chi connectivity index (χ3v) is 12.4. The van der Waals surface area contributed by atoms with Gasteiger partial charge in [0.05, 0.1) is 0 Å². The number of carbonyl (C=O) groups is 3. The third-order valence-electron chi connectivity index (χ3n) is 12.4. The number of ether oxygens (including phenoxy) is 3. The van der Waals surface area contributed by atoms with Crippen LogP contribution in [0.15, 0.2) is 85.1 Å². The highest BCUT2D eigenvalue weighted by Gasteiger charge is 2.19. The molecule has 1 unspecified atom stereocenters. The van der Waals surface area contributed by atoms with Crippen LogP contribution in [0.3, 0.4) is 0 Å². The largest absolute Gasteiger partial charge is 0.462 e. The Kier molecular flexibility index (Phi) is 54.3. The zero-order valence-corrected chi connectivity index (χ0v) is 45.3. The minimum absolute atomic E-state index is 0.0802. The standard InChI is InChI=1S/C63H108O6/c1-4-7-10-13-15-17-19-21-23-25-27-29-30-31-32-34-35-37-39-41-43-45-47-50-53-56-62(65)68-59-60(58-67-61(64)55-52-49-12-9-6-3)69-63(66)57-54-51-48-46-44-42-40-38-36-33-28-26-24-22-20-18-16-14-11-8-5-2/h7,10,15,17,20-23,26-29,31-32,60H,4-6,8-9,11-14,16,18-19,24-25,30,33-59H2,1-3H3/b10-7-,17-15-,22-20-,23-21-,28-26-,29-27-,32-31-. The summed E-state index contributed by atoms with van der Waals surface area (Å²) < 4.78 is 16.7. The summed E-state index contributed by atoms with van der Waals surface area (Å²) in [5.74, 6) is -0.899. The molecule has 1 atom stereocenters. The van der Waals surface area contributed by atoms with Crippen LogP contribution < -0.4 is 0 Å². The second-order valence-corrected chi connectivity index (χ2v) is 19.2. The Bertz CT molecular complexity index is 1330. The lowest BCUT2D eigenvalue weighted by atomic mass is 10.1. The van der Waals surface area contributed by atoms with Gasteiger partial charge in [0.25, 0.3) is 0 Å². The van der Waals surface area contributed by atoms with Gasteiger partial charge in [0, 0.05) is 19.3 Å². The summed E-state index contributed by atoms with van der Waals surface area (Å²) >= 11 is 0. The molecule has 0 bridgehead atoms. The van der Waals surface area contributed by atoms with Crippen LogP contribution in [-0.4, -0.2) is 37.2 Å². The quantitative estimate of drug-likeness (QED) is 0.0262. The van der Waals surface area contributed by atoms with Crippen molar-refractivity contribution in [3.05, 3.63) is 85.1 Å². The van der Waals surface area contributed by atoms with Crippen molar-refractivity contribution in [1.82, 2.24) is 0 Å². The van der Waals surface area contributed by atoms with Gasteiger partial charge in [-0.25, -0.2) is 0 Å². The molecular formula is C63H108O6. The Morgan fingerprint density at radius 2 is 0.565 bits per heavy atom. The van der Waals surface area contributed by atoms with E-state index in [-0.39, 0.29) is 31.1 Å². The Hall–Kier alpha value is -3.41. The molecule has 0 saturated carbocycles. The first kappa shape index (κ1) is 65.6. The molecule has 69 heavy (non-hydrogen) atoms. The van der Waals surface area contributed by atoms with Crippen LogP contribution in [0.4, 0.5) is 0 Å². The lowest BCUT2D eigenvalue weighted by Gasteiger charge is -2.18. The minimum Gasteiger partial charge on any atom is -0.462 e. The summed E-state index contributed by atoms with van der Waals surface area (Å²) in [7, 11) is 0. The van der Waals surface area contributed by atoms with Crippen LogP contribution in [-0.2, 0) is 28.6 Å². The van der Waals surface area contributed by atoms with E-state index in [0.29, 0.717) is 19.3 Å². The number of hydrogen-bond donors (Lipinski definition) is 0. The topological polar surface area (TPSA) is 78.9 Å². The fourth-order valence-corrected chi connectivity index (χ4v) is 8.03. The Balaban J connectivity index is 4.12. The van der Waals surface area contributed by atoms with E-state index < -0.39 is 6.10 Å². The maximum absolute atomic E-state index is 12.8. The van der Waals surface area contributed by atoms with Gasteiger partial charge in [-0.05, 0) is 96.3 Å². The van der Waals surface area contributed by atoms with Gasteiger partial charge in [-0.2, -0.15) is 0 Å². The van der Waals surface area contributed by atoms with E-state index >= 15 is 0 Å². The Morgan fingerprint density at radius 3 is 0.884 bits per heavy atom. The molecule has 0 aromatic carbocycles. The normalized spacial score (nSPS) is 12.7. The fraction of sp³-hybridized carbons (Fsp3) is 0.730. The number of unbranched alkanes of at least 4 members (excludes halogenated alkanes) is 27. The molecule has 0 rings (SSSR count). The van der Waals surface area contributed by atoms with Gasteiger partial charge < -0.3 is 14.2 Å². The highest BCUT2D eigenvalue weighted by atomic mass is 16.6. The molecule has 0 saturated heterocycles. The summed E-state index contributed by atoms with van der Waals surface area (Å²) in [6.07, 6.45) is 74.7. The minimum atomic E-state index is -0.778. The maximum Gasteiger partial charge on any atom is 0.306 e. The molecule has 0 N–H and O–H groups in total. The first-order valence-corrected chi connectivity index (χ1v) is 29.1. The van der Waals surface area contributed by atoms with Crippen LogP contribution >= 0.6 is 0 Å². The summed E-state index contributed by atoms with van der Waals surface area (Å²) in [4.78, 5) is 37.8. The highest BCUT2D eigenvalue weighted by Crippen LogP contribution is 2.15. The number of rotatable bonds is 52. The van der Waals surface area contributed by atoms with Crippen molar-refractivity contribution in [2.45, 2.75) is 284 Å². The smallest absolute Gasteiger partial charge is 0.306 e. The van der Waals surface area contributed by atoms with Crippen molar-refractivity contribution in [1.29, 1.82) is 0 Å². The molecule has 0 aromatic heterocycles. The van der Waals surface area contributed by atoms with Crippen LogP contribution in [0.25, 0.3) is 0 Å². The molecule has 0 aromatic rings. The van der Waals surface area contributed by atoms with E-state index in [1.54, 1.807) is 0 Å². The van der Waals surface area contributed by atoms with Crippen molar-refractivity contribution in [2.24, 2.45) is 0 Å². The van der Waals surface area contributed by atoms with E-state index in [0.717, 1.165) is 109 Å². The molecule has 0 spiro atoms. The van der Waals surface area contributed by atoms with Crippen molar-refractivity contribution in [2.75, 3.05) is 13.2 Å². The molecule has 0 aliphatic heterocycles. The molecule has 0 aliphatic carbocycles. The van der Waals surface area contributed by atoms with E-state index in [1.165, 1.54) is 128 Å². The predicted molar refractivity (Wildman–Crippen MR) is 297 cm³/mol. The van der Waals surface area contributed by atoms with E-state index in [2.05, 4.69) is 106 Å². The molecule has 6 nitrogen and oxygen atoms in total. The summed E-state index contributed by atoms with van der Waals surface area (Å²) in [6, 6.07) is 0. The monoisotopic (exact) mass is 961 g/mol. The summed E-state index contributed by atoms with van der Waals surface area (Å²) in [5.41, 5.74) is 0. The molecule has 0 amide bonds. The highest BCUT2D eigenvalue weighted by molar-refractivity contribution is 5.71. The number of allylic oxidation sites excluding steroid dienone is 14. The van der Waals surface area contributed by atoms with Gasteiger partial charge >= 0.3 is 17.9 Å². The van der Waals surface area contributed by atoms with Crippen molar-refractivity contribution < 1.29 is 28.6 Å². The zero-order chi connectivity index (χ0) is 50.0. The lowest BCUT2D eigenvalue weighted by Crippen LogP contribution is -2.30. The molecule has 0 aliphatic rings. The van der Waals surface area contributed by atoms with Crippen LogP contribution in [0, 0.1) is 0 Å². The molecule has 0 fully saturated rings. The van der Waals surface area contributed by atoms with E-state index in [4.69, 9.17) is 14.2 Å². The number of hydrogen-bond acceptors (Lipinski definition) is 6. The van der Waals surface area contributed by atoms with Gasteiger partial charge in [0.2, 0.25) is 0 Å². The molecule has 0 heterocycles. The molecule has 0 radical (unpaired) electrons. The van der Waals surface area contributed by atoms with Crippen LogP contribution in [0.1, 0.15) is 278 Å². The fourth-order valence-electron chi connectivity index (χ4n) is 8.03. The van der Waals surface area contributed by atoms with Crippen molar-refractivity contribution in [3.63, 3.8) is 0 Å². The zero-order valence-electron chi connectivity index (χ0n) is 45.3. The van der Waals surface area contributed by atoms with Crippen LogP contribution in [0.5, 0.6) is 0 Å². The molecular weight excluding hydrogens is 853 g/mol. The van der Waals surface area contributed by atoms with Gasteiger partial charge in [-0.3, -0.25) is 14.4 Å². The van der Waals surface area contributed by atoms with E-state index in [9.17, 15) is 14.4 Å². The van der Waals surface area contributed by atoms with Crippen LogP contribution in [0.2, 0.25) is 0 Å². The molecule has 396 valence electrons. The SMILES string of the molecule is CC/C=C\C/C=C\C/C=C\C/C=C\C/C=C\CCCCCCCCCCCC(=O)OCC(COC(=O)CCCCCCC)OC(=O)CCCCCCCCCCC/C=C\C/C=C\CCCCCCC. The molecule has 6 heteroatoms. The third kappa shape index (κ3) is 55.4.